The number of nitrogens with one attached hydrogen (secondary N) is 1. The Morgan fingerprint density at radius 2 is 2.15 bits per heavy atom. The summed E-state index contributed by atoms with van der Waals surface area (Å²) in [5, 5.41) is 4.47. The summed E-state index contributed by atoms with van der Waals surface area (Å²) in [7, 11) is 1.31. The minimum atomic E-state index is -0.447. The van der Waals surface area contributed by atoms with Gasteiger partial charge in [-0.15, -0.1) is 11.3 Å². The number of halogens is 1. The summed E-state index contributed by atoms with van der Waals surface area (Å²) in [6.07, 6.45) is 0.246. The van der Waals surface area contributed by atoms with E-state index in [0.717, 1.165) is 10.0 Å². The largest absolute Gasteiger partial charge is 0.465 e. The summed E-state index contributed by atoms with van der Waals surface area (Å²) < 4.78 is 5.59. The number of ether oxygens (including phenoxy) is 1. The molecule has 0 fully saturated rings. The quantitative estimate of drug-likeness (QED) is 0.856. The highest BCUT2D eigenvalue weighted by Crippen LogP contribution is 2.23. The lowest BCUT2D eigenvalue weighted by Crippen LogP contribution is -2.16. The van der Waals surface area contributed by atoms with Crippen molar-refractivity contribution >= 4 is 44.8 Å². The average molecular weight is 354 g/mol. The summed E-state index contributed by atoms with van der Waals surface area (Å²) in [4.78, 5) is 23.9. The molecule has 0 unspecified atom stereocenters. The summed E-state index contributed by atoms with van der Waals surface area (Å²) in [6, 6.07) is 9.22. The van der Waals surface area contributed by atoms with Gasteiger partial charge >= 0.3 is 5.97 Å². The fraction of sp³-hybridized carbons (Fsp3) is 0.143. The van der Waals surface area contributed by atoms with Crippen LogP contribution in [0.5, 0.6) is 0 Å². The van der Waals surface area contributed by atoms with Crippen LogP contribution in [0.1, 0.15) is 15.2 Å². The van der Waals surface area contributed by atoms with E-state index in [-0.39, 0.29) is 12.3 Å². The van der Waals surface area contributed by atoms with Gasteiger partial charge in [-0.25, -0.2) is 4.79 Å². The number of hydrogen-bond donors (Lipinski definition) is 1. The smallest absolute Gasteiger partial charge is 0.350 e. The van der Waals surface area contributed by atoms with E-state index in [9.17, 15) is 9.59 Å². The van der Waals surface area contributed by atoms with Crippen LogP contribution in [0.15, 0.2) is 40.2 Å². The molecule has 0 aliphatic carbocycles. The number of methoxy groups -OCH3 is 1. The van der Waals surface area contributed by atoms with Crippen LogP contribution in [-0.2, 0) is 16.0 Å². The van der Waals surface area contributed by atoms with Crippen molar-refractivity contribution in [3.63, 3.8) is 0 Å². The first kappa shape index (κ1) is 14.7. The van der Waals surface area contributed by atoms with Crippen LogP contribution >= 0.6 is 27.3 Å². The van der Waals surface area contributed by atoms with Crippen molar-refractivity contribution in [3.8, 4) is 0 Å². The van der Waals surface area contributed by atoms with Crippen LogP contribution in [0.25, 0.3) is 0 Å². The lowest BCUT2D eigenvalue weighted by atomic mass is 10.1. The second kappa shape index (κ2) is 6.67. The van der Waals surface area contributed by atoms with Crippen LogP contribution in [-0.4, -0.2) is 19.0 Å². The molecular weight excluding hydrogens is 342 g/mol. The fourth-order valence-electron chi connectivity index (χ4n) is 1.69. The van der Waals surface area contributed by atoms with Crippen molar-refractivity contribution in [2.24, 2.45) is 0 Å². The van der Waals surface area contributed by atoms with Crippen molar-refractivity contribution in [2.75, 3.05) is 12.4 Å². The highest BCUT2D eigenvalue weighted by Gasteiger charge is 2.15. The third kappa shape index (κ3) is 3.68. The predicted octanol–water partition coefficient (Wildman–Crippen LogP) is 3.48. The van der Waals surface area contributed by atoms with Crippen LogP contribution in [0, 0.1) is 0 Å². The Kier molecular flexibility index (Phi) is 4.92. The van der Waals surface area contributed by atoms with E-state index in [2.05, 4.69) is 26.0 Å². The first-order valence-electron chi connectivity index (χ1n) is 5.80. The van der Waals surface area contributed by atoms with Gasteiger partial charge in [0.25, 0.3) is 0 Å². The highest BCUT2D eigenvalue weighted by molar-refractivity contribution is 9.10. The molecule has 0 aliphatic rings. The van der Waals surface area contributed by atoms with Crippen molar-refractivity contribution in [2.45, 2.75) is 6.42 Å². The van der Waals surface area contributed by atoms with Gasteiger partial charge in [0, 0.05) is 4.47 Å². The number of carbonyl (C=O) groups excluding carboxylic acids is 2. The topological polar surface area (TPSA) is 55.4 Å². The maximum absolute atomic E-state index is 12.0. The van der Waals surface area contributed by atoms with Crippen molar-refractivity contribution in [1.29, 1.82) is 0 Å². The van der Waals surface area contributed by atoms with E-state index in [1.165, 1.54) is 18.4 Å². The van der Waals surface area contributed by atoms with Crippen LogP contribution in [0.4, 0.5) is 5.69 Å². The predicted molar refractivity (Wildman–Crippen MR) is 82.1 cm³/mol. The van der Waals surface area contributed by atoms with Gasteiger partial charge in [0.2, 0.25) is 5.91 Å². The second-order valence-corrected chi connectivity index (χ2v) is 5.84. The molecule has 2 rings (SSSR count). The summed E-state index contributed by atoms with van der Waals surface area (Å²) in [6.45, 7) is 0. The van der Waals surface area contributed by atoms with Crippen molar-refractivity contribution < 1.29 is 14.3 Å². The number of rotatable bonds is 4. The Morgan fingerprint density at radius 1 is 1.35 bits per heavy atom. The van der Waals surface area contributed by atoms with Crippen molar-refractivity contribution in [1.82, 2.24) is 0 Å². The number of amides is 1. The molecule has 0 spiro atoms. The van der Waals surface area contributed by atoms with E-state index >= 15 is 0 Å². The molecule has 1 aromatic heterocycles. The number of benzene rings is 1. The minimum Gasteiger partial charge on any atom is -0.465 e. The monoisotopic (exact) mass is 353 g/mol. The normalized spacial score (nSPS) is 10.1. The highest BCUT2D eigenvalue weighted by atomic mass is 79.9. The number of thiophene rings is 1. The lowest BCUT2D eigenvalue weighted by Gasteiger charge is -2.06. The molecule has 1 amide bonds. The van der Waals surface area contributed by atoms with Crippen LogP contribution in [0.3, 0.4) is 0 Å². The van der Waals surface area contributed by atoms with Gasteiger partial charge in [-0.2, -0.15) is 0 Å². The molecule has 0 saturated heterocycles. The third-order valence-electron chi connectivity index (χ3n) is 2.56. The zero-order valence-electron chi connectivity index (χ0n) is 10.7. The Bertz CT molecular complexity index is 639. The maximum Gasteiger partial charge on any atom is 0.350 e. The zero-order chi connectivity index (χ0) is 14.5. The molecule has 2 aromatic rings. The van der Waals surface area contributed by atoms with Crippen LogP contribution in [0.2, 0.25) is 0 Å². The molecular formula is C14H12BrNO3S. The second-order valence-electron chi connectivity index (χ2n) is 4.01. The molecule has 1 aromatic carbocycles. The first-order valence-corrected chi connectivity index (χ1v) is 7.47. The molecule has 0 bridgehead atoms. The zero-order valence-corrected chi connectivity index (χ0v) is 13.1. The Labute approximate surface area is 128 Å². The summed E-state index contributed by atoms with van der Waals surface area (Å²) in [5.74, 6) is -0.621. The van der Waals surface area contributed by atoms with E-state index < -0.39 is 5.97 Å². The molecule has 0 aliphatic heterocycles. The summed E-state index contributed by atoms with van der Waals surface area (Å²) in [5.41, 5.74) is 1.38. The molecule has 4 nitrogen and oxygen atoms in total. The SMILES string of the molecule is COC(=O)c1sccc1NC(=O)Cc1cccc(Br)c1. The first-order chi connectivity index (χ1) is 9.60. The maximum atomic E-state index is 12.0. The molecule has 0 saturated carbocycles. The van der Waals surface area contributed by atoms with Gasteiger partial charge in [0.1, 0.15) is 4.88 Å². The van der Waals surface area contributed by atoms with E-state index in [0.29, 0.717) is 10.6 Å². The molecule has 0 atom stereocenters. The Balaban J connectivity index is 2.05. The average Bonchev–Trinajstić information content (AvgIpc) is 2.85. The molecule has 104 valence electrons. The van der Waals surface area contributed by atoms with E-state index in [1.54, 1.807) is 11.4 Å². The Hall–Kier alpha value is -1.66. The molecule has 6 heteroatoms. The minimum absolute atomic E-state index is 0.174. The molecule has 1 N–H and O–H groups in total. The van der Waals surface area contributed by atoms with Gasteiger partial charge in [-0.3, -0.25) is 4.79 Å². The standard InChI is InChI=1S/C14H12BrNO3S/c1-19-14(18)13-11(5-6-20-13)16-12(17)8-9-3-2-4-10(15)7-9/h2-7H,8H2,1H3,(H,16,17). The molecule has 1 heterocycles. The lowest BCUT2D eigenvalue weighted by molar-refractivity contribution is -0.115. The van der Waals surface area contributed by atoms with E-state index in [1.807, 2.05) is 24.3 Å². The summed E-state index contributed by atoms with van der Waals surface area (Å²) >= 11 is 4.60. The van der Waals surface area contributed by atoms with E-state index in [4.69, 9.17) is 0 Å². The fourth-order valence-corrected chi connectivity index (χ4v) is 2.90. The van der Waals surface area contributed by atoms with Gasteiger partial charge in [0.05, 0.1) is 19.2 Å². The number of anilines is 1. The van der Waals surface area contributed by atoms with Gasteiger partial charge in [-0.1, -0.05) is 28.1 Å². The van der Waals surface area contributed by atoms with Gasteiger partial charge in [-0.05, 0) is 29.1 Å². The van der Waals surface area contributed by atoms with Gasteiger partial charge < -0.3 is 10.1 Å². The number of carbonyl (C=O) groups is 2. The number of esters is 1. The van der Waals surface area contributed by atoms with Crippen molar-refractivity contribution in [3.05, 3.63) is 50.6 Å². The van der Waals surface area contributed by atoms with Crippen LogP contribution < -0.4 is 5.32 Å². The van der Waals surface area contributed by atoms with Gasteiger partial charge in [0.15, 0.2) is 0 Å². The Morgan fingerprint density at radius 3 is 2.85 bits per heavy atom. The molecule has 0 radical (unpaired) electrons. The number of hydrogen-bond acceptors (Lipinski definition) is 4. The molecule has 20 heavy (non-hydrogen) atoms. The third-order valence-corrected chi connectivity index (χ3v) is 3.95.